The first-order valence-electron chi connectivity index (χ1n) is 5.18. The van der Waals surface area contributed by atoms with Crippen LogP contribution in [0.4, 0.5) is 0 Å². The molecule has 1 aliphatic heterocycles. The van der Waals surface area contributed by atoms with Crippen LogP contribution in [0.2, 0.25) is 0 Å². The first-order chi connectivity index (χ1) is 7.36. The molecule has 1 N–H and O–H groups in total. The summed E-state index contributed by atoms with van der Waals surface area (Å²) in [6.45, 7) is 3.30. The Morgan fingerprint density at radius 3 is 3.20 bits per heavy atom. The van der Waals surface area contributed by atoms with Crippen molar-refractivity contribution < 1.29 is 0 Å². The molecule has 0 saturated carbocycles. The van der Waals surface area contributed by atoms with E-state index in [0.717, 1.165) is 11.8 Å². The van der Waals surface area contributed by atoms with Gasteiger partial charge in [-0.25, -0.2) is 4.98 Å². The molecule has 5 heteroatoms. The second-order valence-electron chi connectivity index (χ2n) is 3.57. The van der Waals surface area contributed by atoms with Gasteiger partial charge in [0.05, 0.1) is 6.04 Å². The molecule has 2 atom stereocenters. The molecule has 0 bridgehead atoms. The third kappa shape index (κ3) is 3.66. The minimum Gasteiger partial charge on any atom is -0.307 e. The van der Waals surface area contributed by atoms with Crippen molar-refractivity contribution in [3.63, 3.8) is 0 Å². The molecule has 2 nitrogen and oxygen atoms in total. The Labute approximate surface area is 104 Å². The third-order valence-electron chi connectivity index (χ3n) is 2.36. The molecule has 0 aliphatic carbocycles. The van der Waals surface area contributed by atoms with Crippen molar-refractivity contribution in [2.75, 3.05) is 23.8 Å². The van der Waals surface area contributed by atoms with Gasteiger partial charge >= 0.3 is 0 Å². The molecule has 0 aromatic carbocycles. The molecule has 0 spiro atoms. The number of hydrogen-bond donors (Lipinski definition) is 1. The molecule has 1 fully saturated rings. The number of hydrogen-bond acceptors (Lipinski definition) is 5. The van der Waals surface area contributed by atoms with E-state index in [1.54, 1.807) is 11.3 Å². The van der Waals surface area contributed by atoms with Gasteiger partial charge in [-0.3, -0.25) is 0 Å². The summed E-state index contributed by atoms with van der Waals surface area (Å²) in [5.74, 6) is 3.92. The highest BCUT2D eigenvalue weighted by Crippen LogP contribution is 2.24. The fourth-order valence-corrected chi connectivity index (χ4v) is 4.79. The van der Waals surface area contributed by atoms with Crippen LogP contribution < -0.4 is 5.32 Å². The number of rotatable bonds is 4. The van der Waals surface area contributed by atoms with Crippen LogP contribution in [-0.2, 0) is 0 Å². The maximum absolute atomic E-state index is 4.32. The van der Waals surface area contributed by atoms with E-state index in [1.807, 2.05) is 11.6 Å². The van der Waals surface area contributed by atoms with Gasteiger partial charge in [-0.05, 0) is 6.92 Å². The van der Waals surface area contributed by atoms with Gasteiger partial charge in [0.15, 0.2) is 0 Å². The molecule has 2 heterocycles. The molecule has 1 aromatic rings. The highest BCUT2D eigenvalue weighted by atomic mass is 32.2. The predicted molar refractivity (Wildman–Crippen MR) is 72.1 cm³/mol. The number of thioether (sulfide) groups is 2. The molecular weight excluding hydrogens is 244 g/mol. The lowest BCUT2D eigenvalue weighted by atomic mass is 10.3. The summed E-state index contributed by atoms with van der Waals surface area (Å²) in [4.78, 5) is 4.32. The Morgan fingerprint density at radius 1 is 1.60 bits per heavy atom. The first kappa shape index (κ1) is 11.8. The van der Waals surface area contributed by atoms with Crippen molar-refractivity contribution in [2.45, 2.75) is 18.2 Å². The summed E-state index contributed by atoms with van der Waals surface area (Å²) in [5, 5.41) is 7.59. The van der Waals surface area contributed by atoms with Crippen LogP contribution in [0.5, 0.6) is 0 Å². The molecule has 2 rings (SSSR count). The maximum atomic E-state index is 4.32. The lowest BCUT2D eigenvalue weighted by Crippen LogP contribution is -2.30. The fourth-order valence-electron chi connectivity index (χ4n) is 1.50. The van der Waals surface area contributed by atoms with Crippen molar-refractivity contribution >= 4 is 34.9 Å². The van der Waals surface area contributed by atoms with Crippen molar-refractivity contribution in [2.24, 2.45) is 0 Å². The van der Waals surface area contributed by atoms with Gasteiger partial charge < -0.3 is 5.32 Å². The van der Waals surface area contributed by atoms with E-state index in [9.17, 15) is 0 Å². The van der Waals surface area contributed by atoms with Crippen LogP contribution in [0.25, 0.3) is 0 Å². The lowest BCUT2D eigenvalue weighted by molar-refractivity contribution is 0.574. The number of thiazole rings is 1. The normalized spacial score (nSPS) is 23.9. The predicted octanol–water partition coefficient (Wildman–Crippen LogP) is 2.64. The minimum absolute atomic E-state index is 0.400. The van der Waals surface area contributed by atoms with Crippen LogP contribution >= 0.6 is 34.9 Å². The second kappa shape index (κ2) is 6.13. The van der Waals surface area contributed by atoms with Gasteiger partial charge in [-0.1, -0.05) is 0 Å². The Morgan fingerprint density at radius 2 is 2.53 bits per heavy atom. The number of aromatic nitrogens is 1. The summed E-state index contributed by atoms with van der Waals surface area (Å²) < 4.78 is 0. The zero-order chi connectivity index (χ0) is 10.5. The number of nitrogens with one attached hydrogen (secondary N) is 1. The van der Waals surface area contributed by atoms with E-state index in [2.05, 4.69) is 40.7 Å². The van der Waals surface area contributed by atoms with Crippen LogP contribution in [0.3, 0.4) is 0 Å². The summed E-state index contributed by atoms with van der Waals surface area (Å²) in [5.41, 5.74) is 0. The summed E-state index contributed by atoms with van der Waals surface area (Å²) in [6, 6.07) is 0.400. The smallest absolute Gasteiger partial charge is 0.109 e. The van der Waals surface area contributed by atoms with Gasteiger partial charge in [0, 0.05) is 40.6 Å². The SMILES string of the molecule is CC(NCC1CSCCS1)c1nccs1. The topological polar surface area (TPSA) is 24.9 Å². The van der Waals surface area contributed by atoms with E-state index >= 15 is 0 Å². The van der Waals surface area contributed by atoms with E-state index < -0.39 is 0 Å². The zero-order valence-corrected chi connectivity index (χ0v) is 11.3. The minimum atomic E-state index is 0.400. The lowest BCUT2D eigenvalue weighted by Gasteiger charge is -2.22. The van der Waals surface area contributed by atoms with E-state index in [-0.39, 0.29) is 0 Å². The molecule has 0 radical (unpaired) electrons. The Hall–Kier alpha value is 0.290. The van der Waals surface area contributed by atoms with Crippen LogP contribution in [0.1, 0.15) is 18.0 Å². The molecule has 0 amide bonds. The van der Waals surface area contributed by atoms with Crippen molar-refractivity contribution in [1.29, 1.82) is 0 Å². The van der Waals surface area contributed by atoms with Crippen LogP contribution in [0.15, 0.2) is 11.6 Å². The average Bonchev–Trinajstić information content (AvgIpc) is 2.81. The largest absolute Gasteiger partial charge is 0.307 e. The Balaban J connectivity index is 1.73. The molecule has 1 aromatic heterocycles. The molecular formula is C10H16N2S3. The Kier molecular flexibility index (Phi) is 4.81. The maximum Gasteiger partial charge on any atom is 0.109 e. The molecule has 84 valence electrons. The highest BCUT2D eigenvalue weighted by Gasteiger charge is 2.15. The zero-order valence-electron chi connectivity index (χ0n) is 8.81. The fraction of sp³-hybridized carbons (Fsp3) is 0.700. The average molecular weight is 260 g/mol. The quantitative estimate of drug-likeness (QED) is 0.899. The number of nitrogens with zero attached hydrogens (tertiary/aromatic N) is 1. The van der Waals surface area contributed by atoms with E-state index in [0.29, 0.717) is 6.04 Å². The third-order valence-corrected chi connectivity index (χ3v) is 6.16. The van der Waals surface area contributed by atoms with Gasteiger partial charge in [0.2, 0.25) is 0 Å². The van der Waals surface area contributed by atoms with Crippen molar-refractivity contribution in [3.8, 4) is 0 Å². The summed E-state index contributed by atoms with van der Waals surface area (Å²) >= 11 is 5.91. The van der Waals surface area contributed by atoms with Gasteiger partial charge in [0.1, 0.15) is 5.01 Å². The van der Waals surface area contributed by atoms with Crippen LogP contribution in [0, 0.1) is 0 Å². The summed E-state index contributed by atoms with van der Waals surface area (Å²) in [7, 11) is 0. The monoisotopic (exact) mass is 260 g/mol. The van der Waals surface area contributed by atoms with E-state index in [1.165, 1.54) is 22.3 Å². The standard InChI is InChI=1S/C10H16N2S3/c1-8(10-11-2-3-15-10)12-6-9-7-13-4-5-14-9/h2-3,8-9,12H,4-7H2,1H3. The van der Waals surface area contributed by atoms with Crippen LogP contribution in [-0.4, -0.2) is 34.0 Å². The highest BCUT2D eigenvalue weighted by molar-refractivity contribution is 8.06. The first-order valence-corrected chi connectivity index (χ1v) is 8.26. The molecule has 15 heavy (non-hydrogen) atoms. The van der Waals surface area contributed by atoms with Gasteiger partial charge in [-0.2, -0.15) is 23.5 Å². The molecule has 1 saturated heterocycles. The van der Waals surface area contributed by atoms with Crippen molar-refractivity contribution in [3.05, 3.63) is 16.6 Å². The van der Waals surface area contributed by atoms with E-state index in [4.69, 9.17) is 0 Å². The van der Waals surface area contributed by atoms with Gasteiger partial charge in [0.25, 0.3) is 0 Å². The Bertz CT molecular complexity index is 270. The van der Waals surface area contributed by atoms with Gasteiger partial charge in [-0.15, -0.1) is 11.3 Å². The molecule has 2 unspecified atom stereocenters. The van der Waals surface area contributed by atoms with Crippen molar-refractivity contribution in [1.82, 2.24) is 10.3 Å². The summed E-state index contributed by atoms with van der Waals surface area (Å²) in [6.07, 6.45) is 1.88. The molecule has 1 aliphatic rings. The second-order valence-corrected chi connectivity index (χ2v) is 7.05.